The molecule has 0 saturated heterocycles. The molecule has 1 heterocycles. The van der Waals surface area contributed by atoms with Crippen molar-refractivity contribution in [2.45, 2.75) is 38.8 Å². The summed E-state index contributed by atoms with van der Waals surface area (Å²) < 4.78 is 1.99. The van der Waals surface area contributed by atoms with Crippen LogP contribution in [0.5, 0.6) is 0 Å². The molecule has 1 atom stereocenters. The first-order valence-electron chi connectivity index (χ1n) is 5.17. The van der Waals surface area contributed by atoms with Crippen LogP contribution in [0.15, 0.2) is 12.5 Å². The van der Waals surface area contributed by atoms with E-state index in [1.54, 1.807) is 26.4 Å². The second kappa shape index (κ2) is 3.35. The van der Waals surface area contributed by atoms with Crippen molar-refractivity contribution in [3.8, 4) is 6.07 Å². The van der Waals surface area contributed by atoms with Crippen LogP contribution in [0.4, 0.5) is 0 Å². The van der Waals surface area contributed by atoms with Crippen LogP contribution in [0, 0.1) is 16.7 Å². The number of rotatable bonds is 3. The number of imidazole rings is 1. The van der Waals surface area contributed by atoms with Crippen LogP contribution in [0.25, 0.3) is 0 Å². The lowest BCUT2D eigenvalue weighted by Gasteiger charge is -2.23. The summed E-state index contributed by atoms with van der Waals surface area (Å²) in [7, 11) is 0. The minimum absolute atomic E-state index is 0.478. The molecule has 0 aromatic carbocycles. The number of hydrogen-bond acceptors (Lipinski definition) is 3. The van der Waals surface area contributed by atoms with Gasteiger partial charge in [-0.2, -0.15) is 5.26 Å². The maximum Gasteiger partial charge on any atom is 0.114 e. The SMILES string of the molecule is CC(C)(C#N)C(O)c1cncn1C1CC1. The second-order valence-electron chi connectivity index (χ2n) is 4.69. The summed E-state index contributed by atoms with van der Waals surface area (Å²) in [5, 5.41) is 19.1. The van der Waals surface area contributed by atoms with Gasteiger partial charge in [0.15, 0.2) is 0 Å². The Morgan fingerprint density at radius 1 is 1.67 bits per heavy atom. The first kappa shape index (κ1) is 10.2. The summed E-state index contributed by atoms with van der Waals surface area (Å²) in [6.07, 6.45) is 4.91. The lowest BCUT2D eigenvalue weighted by molar-refractivity contribution is 0.0791. The van der Waals surface area contributed by atoms with Crippen LogP contribution in [0.3, 0.4) is 0 Å². The van der Waals surface area contributed by atoms with Gasteiger partial charge in [-0.1, -0.05) is 0 Å². The Morgan fingerprint density at radius 2 is 2.33 bits per heavy atom. The highest BCUT2D eigenvalue weighted by Gasteiger charge is 2.34. The van der Waals surface area contributed by atoms with Crippen molar-refractivity contribution >= 4 is 0 Å². The molecule has 0 radical (unpaired) electrons. The predicted molar refractivity (Wildman–Crippen MR) is 54.9 cm³/mol. The Morgan fingerprint density at radius 3 is 2.87 bits per heavy atom. The van der Waals surface area contributed by atoms with Gasteiger partial charge in [0.05, 0.1) is 29.7 Å². The van der Waals surface area contributed by atoms with Gasteiger partial charge in [-0.3, -0.25) is 0 Å². The molecule has 1 N–H and O–H groups in total. The Bertz CT molecular complexity index is 398. The lowest BCUT2D eigenvalue weighted by atomic mass is 9.86. The Balaban J connectivity index is 2.29. The van der Waals surface area contributed by atoms with Gasteiger partial charge in [0.25, 0.3) is 0 Å². The van der Waals surface area contributed by atoms with Gasteiger partial charge in [0.1, 0.15) is 6.10 Å². The van der Waals surface area contributed by atoms with Crippen LogP contribution in [-0.2, 0) is 0 Å². The van der Waals surface area contributed by atoms with Gasteiger partial charge in [0, 0.05) is 6.04 Å². The zero-order valence-corrected chi connectivity index (χ0v) is 9.01. The molecule has 4 nitrogen and oxygen atoms in total. The number of aromatic nitrogens is 2. The summed E-state index contributed by atoms with van der Waals surface area (Å²) in [6, 6.07) is 2.60. The molecule has 15 heavy (non-hydrogen) atoms. The van der Waals surface area contributed by atoms with E-state index in [1.165, 1.54) is 0 Å². The third kappa shape index (κ3) is 1.75. The molecule has 2 rings (SSSR count). The summed E-state index contributed by atoms with van der Waals surface area (Å²) in [5.74, 6) is 0. The Hall–Kier alpha value is -1.34. The normalized spacial score (nSPS) is 18.5. The van der Waals surface area contributed by atoms with Gasteiger partial charge in [0.2, 0.25) is 0 Å². The largest absolute Gasteiger partial charge is 0.385 e. The van der Waals surface area contributed by atoms with Crippen molar-refractivity contribution in [1.82, 2.24) is 9.55 Å². The molecule has 0 amide bonds. The molecule has 1 aromatic rings. The highest BCUT2D eigenvalue weighted by Crippen LogP contribution is 2.40. The Kier molecular flexibility index (Phi) is 2.28. The lowest BCUT2D eigenvalue weighted by Crippen LogP contribution is -2.22. The minimum Gasteiger partial charge on any atom is -0.385 e. The van der Waals surface area contributed by atoms with Gasteiger partial charge < -0.3 is 9.67 Å². The highest BCUT2D eigenvalue weighted by atomic mass is 16.3. The highest BCUT2D eigenvalue weighted by molar-refractivity contribution is 5.14. The van der Waals surface area contributed by atoms with E-state index in [-0.39, 0.29) is 0 Å². The van der Waals surface area contributed by atoms with Crippen LogP contribution >= 0.6 is 0 Å². The molecule has 1 unspecified atom stereocenters. The van der Waals surface area contributed by atoms with E-state index >= 15 is 0 Å². The number of nitrogens with zero attached hydrogens (tertiary/aromatic N) is 3. The molecule has 1 aliphatic rings. The topological polar surface area (TPSA) is 61.8 Å². The first-order valence-corrected chi connectivity index (χ1v) is 5.17. The third-order valence-electron chi connectivity index (χ3n) is 2.89. The molecule has 0 bridgehead atoms. The standard InChI is InChI=1S/C11H15N3O/c1-11(2,6-12)10(15)9-5-13-7-14(9)8-3-4-8/h5,7-8,10,15H,3-4H2,1-2H3. The predicted octanol–water partition coefficient (Wildman–Crippen LogP) is 1.80. The average molecular weight is 205 g/mol. The average Bonchev–Trinajstić information content (AvgIpc) is 2.95. The second-order valence-corrected chi connectivity index (χ2v) is 4.69. The van der Waals surface area contributed by atoms with Crippen molar-refractivity contribution in [3.63, 3.8) is 0 Å². The quantitative estimate of drug-likeness (QED) is 0.818. The van der Waals surface area contributed by atoms with Crippen LogP contribution in [-0.4, -0.2) is 14.7 Å². The molecule has 80 valence electrons. The van der Waals surface area contributed by atoms with Gasteiger partial charge in [-0.15, -0.1) is 0 Å². The molecule has 1 aliphatic carbocycles. The number of aliphatic hydroxyl groups is 1. The zero-order chi connectivity index (χ0) is 11.1. The fraction of sp³-hybridized carbons (Fsp3) is 0.636. The molecular formula is C11H15N3O. The van der Waals surface area contributed by atoms with Gasteiger partial charge >= 0.3 is 0 Å². The fourth-order valence-electron chi connectivity index (χ4n) is 1.62. The monoisotopic (exact) mass is 205 g/mol. The molecule has 1 aromatic heterocycles. The molecule has 0 aliphatic heterocycles. The summed E-state index contributed by atoms with van der Waals surface area (Å²) in [6.45, 7) is 3.48. The smallest absolute Gasteiger partial charge is 0.114 e. The van der Waals surface area contributed by atoms with Crippen molar-refractivity contribution < 1.29 is 5.11 Å². The van der Waals surface area contributed by atoms with E-state index in [1.807, 2.05) is 4.57 Å². The fourth-order valence-corrected chi connectivity index (χ4v) is 1.62. The molecule has 4 heteroatoms. The molecule has 1 saturated carbocycles. The maximum atomic E-state index is 10.1. The third-order valence-corrected chi connectivity index (χ3v) is 2.89. The van der Waals surface area contributed by atoms with Crippen molar-refractivity contribution in [2.24, 2.45) is 5.41 Å². The summed E-state index contributed by atoms with van der Waals surface area (Å²) in [4.78, 5) is 4.05. The Labute approximate surface area is 89.2 Å². The maximum absolute atomic E-state index is 10.1. The van der Waals surface area contributed by atoms with E-state index in [9.17, 15) is 5.11 Å². The van der Waals surface area contributed by atoms with E-state index in [2.05, 4.69) is 11.1 Å². The summed E-state index contributed by atoms with van der Waals surface area (Å²) in [5.41, 5.74) is -0.0174. The number of hydrogen-bond donors (Lipinski definition) is 1. The molecule has 0 spiro atoms. The molecular weight excluding hydrogens is 190 g/mol. The van der Waals surface area contributed by atoms with Gasteiger partial charge in [-0.25, -0.2) is 4.98 Å². The number of nitriles is 1. The van der Waals surface area contributed by atoms with Crippen molar-refractivity contribution in [3.05, 3.63) is 18.2 Å². The van der Waals surface area contributed by atoms with Crippen LogP contribution in [0.1, 0.15) is 44.5 Å². The molecule has 1 fully saturated rings. The van der Waals surface area contributed by atoms with E-state index < -0.39 is 11.5 Å². The zero-order valence-electron chi connectivity index (χ0n) is 9.01. The number of aliphatic hydroxyl groups excluding tert-OH is 1. The minimum atomic E-state index is -0.773. The summed E-state index contributed by atoms with van der Waals surface area (Å²) >= 11 is 0. The van der Waals surface area contributed by atoms with Crippen LogP contribution in [0.2, 0.25) is 0 Å². The van der Waals surface area contributed by atoms with Crippen molar-refractivity contribution in [1.29, 1.82) is 5.26 Å². The van der Waals surface area contributed by atoms with Gasteiger partial charge in [-0.05, 0) is 26.7 Å². The van der Waals surface area contributed by atoms with Crippen LogP contribution < -0.4 is 0 Å². The van der Waals surface area contributed by atoms with E-state index in [4.69, 9.17) is 5.26 Å². The van der Waals surface area contributed by atoms with Crippen molar-refractivity contribution in [2.75, 3.05) is 0 Å². The first-order chi connectivity index (χ1) is 7.06. The van der Waals surface area contributed by atoms with E-state index in [0.717, 1.165) is 18.5 Å². The van der Waals surface area contributed by atoms with E-state index in [0.29, 0.717) is 6.04 Å².